The van der Waals surface area contributed by atoms with Gasteiger partial charge in [-0.05, 0) is 6.54 Å². The van der Waals surface area contributed by atoms with Crippen molar-refractivity contribution in [1.82, 2.24) is 9.55 Å². The number of hydrogen-bond acceptors (Lipinski definition) is 3. The molecule has 0 bridgehead atoms. The molecule has 2 atom stereocenters. The summed E-state index contributed by atoms with van der Waals surface area (Å²) >= 11 is 5.78. The van der Waals surface area contributed by atoms with Gasteiger partial charge in [-0.15, -0.1) is 0 Å². The maximum absolute atomic E-state index is 9.76. The van der Waals surface area contributed by atoms with Crippen molar-refractivity contribution in [2.45, 2.75) is 13.0 Å². The molecule has 4 nitrogen and oxygen atoms in total. The number of hydrogen-bond donors (Lipinski definition) is 2. The summed E-state index contributed by atoms with van der Waals surface area (Å²) in [6, 6.07) is 0. The zero-order valence-corrected chi connectivity index (χ0v) is 8.49. The van der Waals surface area contributed by atoms with E-state index in [0.717, 1.165) is 0 Å². The van der Waals surface area contributed by atoms with Crippen molar-refractivity contribution in [1.29, 1.82) is 0 Å². The molecule has 0 aliphatic rings. The highest BCUT2D eigenvalue weighted by Crippen LogP contribution is 2.21. The summed E-state index contributed by atoms with van der Waals surface area (Å²) in [6.07, 6.45) is 0.867. The first kappa shape index (κ1) is 10.5. The first-order chi connectivity index (χ1) is 6.07. The second-order valence-electron chi connectivity index (χ2n) is 3.16. The van der Waals surface area contributed by atoms with Crippen LogP contribution in [0.15, 0.2) is 6.20 Å². The van der Waals surface area contributed by atoms with Gasteiger partial charge in [-0.2, -0.15) is 0 Å². The van der Waals surface area contributed by atoms with Crippen LogP contribution in [0.2, 0.25) is 5.15 Å². The van der Waals surface area contributed by atoms with E-state index >= 15 is 0 Å². The van der Waals surface area contributed by atoms with Gasteiger partial charge in [0.2, 0.25) is 0 Å². The lowest BCUT2D eigenvalue weighted by Crippen LogP contribution is -2.21. The fourth-order valence-corrected chi connectivity index (χ4v) is 1.20. The molecular formula is C8H14ClN3O. The Hall–Kier alpha value is -0.580. The van der Waals surface area contributed by atoms with Crippen LogP contribution >= 0.6 is 11.6 Å². The monoisotopic (exact) mass is 203 g/mol. The van der Waals surface area contributed by atoms with Gasteiger partial charge in [-0.3, -0.25) is 0 Å². The van der Waals surface area contributed by atoms with Crippen LogP contribution in [0.1, 0.15) is 18.9 Å². The van der Waals surface area contributed by atoms with Gasteiger partial charge in [0.1, 0.15) is 17.1 Å². The summed E-state index contributed by atoms with van der Waals surface area (Å²) in [5.74, 6) is 0.542. The van der Waals surface area contributed by atoms with Crippen molar-refractivity contribution in [3.05, 3.63) is 17.2 Å². The van der Waals surface area contributed by atoms with Gasteiger partial charge in [0.05, 0.1) is 6.20 Å². The zero-order chi connectivity index (χ0) is 10.0. The van der Waals surface area contributed by atoms with Crippen LogP contribution in [-0.4, -0.2) is 21.2 Å². The van der Waals surface area contributed by atoms with Crippen LogP contribution < -0.4 is 5.73 Å². The standard InChI is InChI=1S/C8H14ClN3O/c1-5(3-10)7(13)8-11-4-6(9)12(8)2/h4-5,7,13H,3,10H2,1-2H3. The molecule has 0 fully saturated rings. The van der Waals surface area contributed by atoms with E-state index in [2.05, 4.69) is 4.98 Å². The van der Waals surface area contributed by atoms with Crippen LogP contribution in [-0.2, 0) is 7.05 Å². The van der Waals surface area contributed by atoms with Crippen molar-refractivity contribution in [3.8, 4) is 0 Å². The molecule has 1 heterocycles. The third-order valence-corrected chi connectivity index (χ3v) is 2.49. The summed E-state index contributed by atoms with van der Waals surface area (Å²) in [5, 5.41) is 10.3. The van der Waals surface area contributed by atoms with Crippen molar-refractivity contribution < 1.29 is 5.11 Å². The van der Waals surface area contributed by atoms with Gasteiger partial charge in [0.25, 0.3) is 0 Å². The minimum atomic E-state index is -0.650. The largest absolute Gasteiger partial charge is 0.385 e. The molecule has 1 rings (SSSR count). The molecule has 0 aliphatic heterocycles. The van der Waals surface area contributed by atoms with Crippen LogP contribution in [0.4, 0.5) is 0 Å². The highest BCUT2D eigenvalue weighted by molar-refractivity contribution is 6.29. The molecule has 2 unspecified atom stereocenters. The number of imidazole rings is 1. The molecule has 0 amide bonds. The minimum Gasteiger partial charge on any atom is -0.385 e. The average Bonchev–Trinajstić information content (AvgIpc) is 2.45. The first-order valence-electron chi connectivity index (χ1n) is 4.13. The summed E-state index contributed by atoms with van der Waals surface area (Å²) in [7, 11) is 1.76. The summed E-state index contributed by atoms with van der Waals surface area (Å²) < 4.78 is 1.65. The molecular weight excluding hydrogens is 190 g/mol. The first-order valence-corrected chi connectivity index (χ1v) is 4.51. The van der Waals surface area contributed by atoms with Gasteiger partial charge in [0.15, 0.2) is 0 Å². The Labute approximate surface area is 82.3 Å². The van der Waals surface area contributed by atoms with E-state index in [9.17, 15) is 5.11 Å². The summed E-state index contributed by atoms with van der Waals surface area (Å²) in [5.41, 5.74) is 5.44. The van der Waals surface area contributed by atoms with E-state index < -0.39 is 6.10 Å². The molecule has 0 spiro atoms. The van der Waals surface area contributed by atoms with E-state index in [-0.39, 0.29) is 5.92 Å². The zero-order valence-electron chi connectivity index (χ0n) is 7.74. The van der Waals surface area contributed by atoms with Gasteiger partial charge >= 0.3 is 0 Å². The Kier molecular flexibility index (Phi) is 3.30. The maximum atomic E-state index is 9.76. The quantitative estimate of drug-likeness (QED) is 0.760. The molecule has 5 heteroatoms. The fraction of sp³-hybridized carbons (Fsp3) is 0.625. The lowest BCUT2D eigenvalue weighted by Gasteiger charge is -2.16. The molecule has 0 aliphatic carbocycles. The van der Waals surface area contributed by atoms with Crippen molar-refractivity contribution in [2.75, 3.05) is 6.54 Å². The number of halogens is 1. The Bertz CT molecular complexity index is 287. The molecule has 1 aromatic rings. The van der Waals surface area contributed by atoms with Gasteiger partial charge in [0, 0.05) is 13.0 Å². The molecule has 13 heavy (non-hydrogen) atoms. The van der Waals surface area contributed by atoms with Crippen LogP contribution in [0.25, 0.3) is 0 Å². The van der Waals surface area contributed by atoms with Crippen molar-refractivity contribution in [3.63, 3.8) is 0 Å². The summed E-state index contributed by atoms with van der Waals surface area (Å²) in [6.45, 7) is 2.29. The third-order valence-electron chi connectivity index (χ3n) is 2.14. The minimum absolute atomic E-state index is 0.0165. The van der Waals surface area contributed by atoms with Gasteiger partial charge < -0.3 is 15.4 Å². The van der Waals surface area contributed by atoms with Gasteiger partial charge in [-0.25, -0.2) is 4.98 Å². The van der Waals surface area contributed by atoms with E-state index in [0.29, 0.717) is 17.5 Å². The van der Waals surface area contributed by atoms with Gasteiger partial charge in [-0.1, -0.05) is 18.5 Å². The lowest BCUT2D eigenvalue weighted by atomic mass is 10.1. The SMILES string of the molecule is CC(CN)C(O)c1ncc(Cl)n1C. The molecule has 0 saturated carbocycles. The smallest absolute Gasteiger partial charge is 0.138 e. The molecule has 74 valence electrons. The normalized spacial score (nSPS) is 15.8. The van der Waals surface area contributed by atoms with Crippen LogP contribution in [0, 0.1) is 5.92 Å². The lowest BCUT2D eigenvalue weighted by molar-refractivity contribution is 0.110. The molecule has 3 N–H and O–H groups in total. The summed E-state index contributed by atoms with van der Waals surface area (Å²) in [4.78, 5) is 4.01. The van der Waals surface area contributed by atoms with Crippen LogP contribution in [0.3, 0.4) is 0 Å². The number of rotatable bonds is 3. The van der Waals surface area contributed by atoms with Crippen molar-refractivity contribution >= 4 is 11.6 Å². The predicted molar refractivity (Wildman–Crippen MR) is 51.4 cm³/mol. The molecule has 0 aromatic carbocycles. The van der Waals surface area contributed by atoms with E-state index in [1.807, 2.05) is 6.92 Å². The maximum Gasteiger partial charge on any atom is 0.138 e. The second kappa shape index (κ2) is 4.09. The predicted octanol–water partition coefficient (Wildman–Crippen LogP) is 0.702. The highest BCUT2D eigenvalue weighted by Gasteiger charge is 2.19. The second-order valence-corrected chi connectivity index (χ2v) is 3.54. The molecule has 1 aromatic heterocycles. The molecule has 0 radical (unpaired) electrons. The van der Waals surface area contributed by atoms with Crippen molar-refractivity contribution in [2.24, 2.45) is 18.7 Å². The Morgan fingerprint density at radius 1 is 1.77 bits per heavy atom. The van der Waals surface area contributed by atoms with E-state index in [1.165, 1.54) is 6.20 Å². The third kappa shape index (κ3) is 2.02. The average molecular weight is 204 g/mol. The van der Waals surface area contributed by atoms with E-state index in [4.69, 9.17) is 17.3 Å². The number of aliphatic hydroxyl groups excluding tert-OH is 1. The van der Waals surface area contributed by atoms with E-state index in [1.54, 1.807) is 11.6 Å². The number of aromatic nitrogens is 2. The highest BCUT2D eigenvalue weighted by atomic mass is 35.5. The number of nitrogens with two attached hydrogens (primary N) is 1. The Morgan fingerprint density at radius 2 is 2.38 bits per heavy atom. The Morgan fingerprint density at radius 3 is 2.77 bits per heavy atom. The molecule has 0 saturated heterocycles. The topological polar surface area (TPSA) is 64.1 Å². The fourth-order valence-electron chi connectivity index (χ4n) is 1.06. The Balaban J connectivity index is 2.88. The number of nitrogens with zero attached hydrogens (tertiary/aromatic N) is 2. The number of aliphatic hydroxyl groups is 1. The van der Waals surface area contributed by atoms with Crippen LogP contribution in [0.5, 0.6) is 0 Å².